The number of aromatic nitrogens is 2. The van der Waals surface area contributed by atoms with E-state index in [1.807, 2.05) is 0 Å². The molecule has 0 radical (unpaired) electrons. The average Bonchev–Trinajstić information content (AvgIpc) is 2.23. The van der Waals surface area contributed by atoms with E-state index in [0.717, 1.165) is 25.5 Å². The molecule has 1 aliphatic heterocycles. The molecule has 2 heterocycles. The number of hydrogen-bond donors (Lipinski definition) is 1. The maximum Gasteiger partial charge on any atom is 0.225 e. The van der Waals surface area contributed by atoms with Gasteiger partial charge in [-0.1, -0.05) is 18.5 Å². The number of piperidine rings is 1. The van der Waals surface area contributed by atoms with Crippen molar-refractivity contribution in [3.63, 3.8) is 0 Å². The summed E-state index contributed by atoms with van der Waals surface area (Å²) in [5, 5.41) is 0.570. The zero-order chi connectivity index (χ0) is 10.8. The molecule has 4 nitrogen and oxygen atoms in total. The molecule has 2 atom stereocenters. The predicted molar refractivity (Wildman–Crippen MR) is 61.0 cm³/mol. The number of hydrogen-bond acceptors (Lipinski definition) is 4. The molecular formula is C10H15ClN4. The summed E-state index contributed by atoms with van der Waals surface area (Å²) in [4.78, 5) is 10.6. The lowest BCUT2D eigenvalue weighted by molar-refractivity contribution is 0.379. The van der Waals surface area contributed by atoms with Crippen molar-refractivity contribution in [2.75, 3.05) is 18.0 Å². The third kappa shape index (κ3) is 2.38. The minimum Gasteiger partial charge on any atom is -0.340 e. The van der Waals surface area contributed by atoms with Crippen molar-refractivity contribution in [1.29, 1.82) is 0 Å². The van der Waals surface area contributed by atoms with Gasteiger partial charge in [0.25, 0.3) is 0 Å². The van der Waals surface area contributed by atoms with E-state index in [4.69, 9.17) is 17.3 Å². The Morgan fingerprint density at radius 2 is 2.13 bits per heavy atom. The third-order valence-electron chi connectivity index (χ3n) is 2.86. The highest BCUT2D eigenvalue weighted by molar-refractivity contribution is 6.30. The highest BCUT2D eigenvalue weighted by Gasteiger charge is 2.24. The zero-order valence-corrected chi connectivity index (χ0v) is 9.48. The quantitative estimate of drug-likeness (QED) is 0.785. The van der Waals surface area contributed by atoms with Gasteiger partial charge in [0.15, 0.2) is 0 Å². The average molecular weight is 227 g/mol. The van der Waals surface area contributed by atoms with Crippen LogP contribution in [0.1, 0.15) is 13.3 Å². The predicted octanol–water partition coefficient (Wildman–Crippen LogP) is 1.30. The molecule has 0 bridgehead atoms. The first-order valence-corrected chi connectivity index (χ1v) is 5.52. The summed E-state index contributed by atoms with van der Waals surface area (Å²) < 4.78 is 0. The molecule has 1 fully saturated rings. The summed E-state index contributed by atoms with van der Waals surface area (Å²) in [7, 11) is 0. The van der Waals surface area contributed by atoms with Gasteiger partial charge in [0, 0.05) is 19.1 Å². The maximum atomic E-state index is 5.95. The van der Waals surface area contributed by atoms with E-state index < -0.39 is 0 Å². The summed E-state index contributed by atoms with van der Waals surface area (Å²) in [6.07, 6.45) is 4.25. The van der Waals surface area contributed by atoms with Gasteiger partial charge in [-0.05, 0) is 12.3 Å². The molecule has 1 aromatic heterocycles. The van der Waals surface area contributed by atoms with Crippen molar-refractivity contribution in [3.8, 4) is 0 Å². The van der Waals surface area contributed by atoms with E-state index in [1.54, 1.807) is 12.4 Å². The van der Waals surface area contributed by atoms with Crippen LogP contribution in [0.15, 0.2) is 12.4 Å². The minimum atomic E-state index is 0.300. The SMILES string of the molecule is CC1CN(c2ncc(Cl)cn2)CCC1N. The Bertz CT molecular complexity index is 327. The molecule has 5 heteroatoms. The molecule has 2 N–H and O–H groups in total. The van der Waals surface area contributed by atoms with E-state index in [0.29, 0.717) is 17.0 Å². The molecule has 0 saturated carbocycles. The summed E-state index contributed by atoms with van der Waals surface area (Å²) >= 11 is 5.74. The normalized spacial score (nSPS) is 26.7. The van der Waals surface area contributed by atoms with Gasteiger partial charge in [-0.25, -0.2) is 9.97 Å². The van der Waals surface area contributed by atoms with Crippen LogP contribution >= 0.6 is 11.6 Å². The first-order valence-electron chi connectivity index (χ1n) is 5.15. The molecule has 0 spiro atoms. The molecule has 2 unspecified atom stereocenters. The number of nitrogens with two attached hydrogens (primary N) is 1. The smallest absolute Gasteiger partial charge is 0.225 e. The molecule has 0 aliphatic carbocycles. The summed E-state index contributed by atoms with van der Waals surface area (Å²) in [5.41, 5.74) is 5.95. The van der Waals surface area contributed by atoms with Crippen molar-refractivity contribution in [3.05, 3.63) is 17.4 Å². The van der Waals surface area contributed by atoms with Crippen LogP contribution in [-0.4, -0.2) is 29.1 Å². The second-order valence-electron chi connectivity index (χ2n) is 4.08. The Balaban J connectivity index is 2.08. The zero-order valence-electron chi connectivity index (χ0n) is 8.73. The van der Waals surface area contributed by atoms with E-state index >= 15 is 0 Å². The van der Waals surface area contributed by atoms with Crippen LogP contribution < -0.4 is 10.6 Å². The number of halogens is 1. The van der Waals surface area contributed by atoms with Crippen molar-refractivity contribution < 1.29 is 0 Å². The van der Waals surface area contributed by atoms with Crippen LogP contribution in [0.2, 0.25) is 5.02 Å². The Hall–Kier alpha value is -0.870. The molecule has 0 amide bonds. The van der Waals surface area contributed by atoms with E-state index in [9.17, 15) is 0 Å². The molecular weight excluding hydrogens is 212 g/mol. The van der Waals surface area contributed by atoms with Crippen LogP contribution in [0, 0.1) is 5.92 Å². The molecule has 15 heavy (non-hydrogen) atoms. The lowest BCUT2D eigenvalue weighted by Crippen LogP contribution is -2.46. The van der Waals surface area contributed by atoms with Gasteiger partial charge >= 0.3 is 0 Å². The van der Waals surface area contributed by atoms with Crippen molar-refractivity contribution in [1.82, 2.24) is 9.97 Å². The lowest BCUT2D eigenvalue weighted by atomic mass is 9.95. The van der Waals surface area contributed by atoms with Crippen molar-refractivity contribution in [2.45, 2.75) is 19.4 Å². The van der Waals surface area contributed by atoms with Gasteiger partial charge in [-0.2, -0.15) is 0 Å². The van der Waals surface area contributed by atoms with Gasteiger partial charge in [0.05, 0.1) is 17.4 Å². The van der Waals surface area contributed by atoms with Crippen LogP contribution in [0.3, 0.4) is 0 Å². The van der Waals surface area contributed by atoms with Crippen LogP contribution in [0.5, 0.6) is 0 Å². The Kier molecular flexibility index (Phi) is 3.07. The van der Waals surface area contributed by atoms with Gasteiger partial charge in [-0.15, -0.1) is 0 Å². The summed E-state index contributed by atoms with van der Waals surface area (Å²) in [6.45, 7) is 4.00. The van der Waals surface area contributed by atoms with Gasteiger partial charge in [0.2, 0.25) is 5.95 Å². The van der Waals surface area contributed by atoms with Crippen LogP contribution in [0.25, 0.3) is 0 Å². The van der Waals surface area contributed by atoms with Crippen LogP contribution in [-0.2, 0) is 0 Å². The van der Waals surface area contributed by atoms with E-state index in [-0.39, 0.29) is 0 Å². The second kappa shape index (κ2) is 4.33. The summed E-state index contributed by atoms with van der Waals surface area (Å²) in [5.74, 6) is 1.23. The molecule has 2 rings (SSSR count). The Labute approximate surface area is 94.5 Å². The molecule has 0 aromatic carbocycles. The van der Waals surface area contributed by atoms with Crippen molar-refractivity contribution in [2.24, 2.45) is 11.7 Å². The largest absolute Gasteiger partial charge is 0.340 e. The fourth-order valence-electron chi connectivity index (χ4n) is 1.81. The topological polar surface area (TPSA) is 55.0 Å². The number of anilines is 1. The molecule has 1 aliphatic rings. The standard InChI is InChI=1S/C10H15ClN4/c1-7-6-15(3-2-9(7)12)10-13-4-8(11)5-14-10/h4-5,7,9H,2-3,6,12H2,1H3. The van der Waals surface area contributed by atoms with Crippen molar-refractivity contribution >= 4 is 17.5 Å². The van der Waals surface area contributed by atoms with Gasteiger partial charge in [-0.3, -0.25) is 0 Å². The first kappa shape index (κ1) is 10.6. The van der Waals surface area contributed by atoms with E-state index in [2.05, 4.69) is 21.8 Å². The first-order chi connectivity index (χ1) is 7.16. The third-order valence-corrected chi connectivity index (χ3v) is 3.06. The second-order valence-corrected chi connectivity index (χ2v) is 4.51. The fraction of sp³-hybridized carbons (Fsp3) is 0.600. The highest BCUT2D eigenvalue weighted by atomic mass is 35.5. The van der Waals surface area contributed by atoms with E-state index in [1.165, 1.54) is 0 Å². The van der Waals surface area contributed by atoms with Gasteiger partial charge < -0.3 is 10.6 Å². The minimum absolute atomic E-state index is 0.300. The lowest BCUT2D eigenvalue weighted by Gasteiger charge is -2.34. The molecule has 1 aromatic rings. The Morgan fingerprint density at radius 3 is 2.73 bits per heavy atom. The van der Waals surface area contributed by atoms with Crippen LogP contribution in [0.4, 0.5) is 5.95 Å². The highest BCUT2D eigenvalue weighted by Crippen LogP contribution is 2.19. The fourth-order valence-corrected chi connectivity index (χ4v) is 1.91. The number of rotatable bonds is 1. The summed E-state index contributed by atoms with van der Waals surface area (Å²) in [6, 6.07) is 0.300. The maximum absolute atomic E-state index is 5.95. The monoisotopic (exact) mass is 226 g/mol. The molecule has 82 valence electrons. The number of nitrogens with zero attached hydrogens (tertiary/aromatic N) is 3. The Morgan fingerprint density at radius 1 is 1.47 bits per heavy atom. The van der Waals surface area contributed by atoms with Gasteiger partial charge in [0.1, 0.15) is 0 Å². The molecule has 1 saturated heterocycles.